The van der Waals surface area contributed by atoms with E-state index in [1.165, 1.54) is 7.11 Å². The zero-order valence-electron chi connectivity index (χ0n) is 13.0. The molecule has 2 aromatic carbocycles. The third kappa shape index (κ3) is 3.80. The average Bonchev–Trinajstić information content (AvgIpc) is 3.39. The molecule has 120 valence electrons. The van der Waals surface area contributed by atoms with E-state index in [4.69, 9.17) is 4.74 Å². The average molecular weight is 312 g/mol. The van der Waals surface area contributed by atoms with E-state index in [0.29, 0.717) is 5.92 Å². The van der Waals surface area contributed by atoms with Gasteiger partial charge in [0.25, 0.3) is 0 Å². The summed E-state index contributed by atoms with van der Waals surface area (Å²) in [7, 11) is 1.36. The fraction of sp³-hybridized carbons (Fsp3) is 0.333. The van der Waals surface area contributed by atoms with E-state index in [9.17, 15) is 9.59 Å². The summed E-state index contributed by atoms with van der Waals surface area (Å²) in [4.78, 5) is 23.8. The van der Waals surface area contributed by atoms with Gasteiger partial charge in [-0.05, 0) is 30.2 Å². The Labute approximate surface area is 135 Å². The summed E-state index contributed by atoms with van der Waals surface area (Å²) in [6.45, 7) is 0. The molecular formula is C18H20N2O3. The molecule has 1 atom stereocenters. The molecule has 0 heterocycles. The summed E-state index contributed by atoms with van der Waals surface area (Å²) in [5.74, 6) is 0.0692. The van der Waals surface area contributed by atoms with Crippen molar-refractivity contribution >= 4 is 28.5 Å². The van der Waals surface area contributed by atoms with Gasteiger partial charge in [0.1, 0.15) is 0 Å². The van der Waals surface area contributed by atoms with Crippen LogP contribution in [-0.4, -0.2) is 25.2 Å². The van der Waals surface area contributed by atoms with Gasteiger partial charge in [-0.2, -0.15) is 0 Å². The van der Waals surface area contributed by atoms with Crippen molar-refractivity contribution in [3.63, 3.8) is 0 Å². The second-order valence-electron chi connectivity index (χ2n) is 5.85. The van der Waals surface area contributed by atoms with Crippen LogP contribution in [0.4, 0.5) is 10.5 Å². The van der Waals surface area contributed by atoms with Gasteiger partial charge in [0, 0.05) is 11.4 Å². The van der Waals surface area contributed by atoms with Gasteiger partial charge >= 0.3 is 12.0 Å². The van der Waals surface area contributed by atoms with Crippen molar-refractivity contribution in [2.75, 3.05) is 12.4 Å². The molecule has 2 aromatic rings. The fourth-order valence-corrected chi connectivity index (χ4v) is 2.76. The number of anilines is 1. The maximum atomic E-state index is 12.3. The lowest BCUT2D eigenvalue weighted by Gasteiger charge is -2.18. The number of methoxy groups -OCH3 is 1. The number of carbonyl (C=O) groups excluding carboxylic acids is 2. The van der Waals surface area contributed by atoms with Crippen molar-refractivity contribution in [2.45, 2.75) is 25.3 Å². The van der Waals surface area contributed by atoms with Gasteiger partial charge in [-0.1, -0.05) is 36.4 Å². The van der Waals surface area contributed by atoms with E-state index in [-0.39, 0.29) is 24.5 Å². The van der Waals surface area contributed by atoms with Crippen LogP contribution in [0, 0.1) is 5.92 Å². The highest BCUT2D eigenvalue weighted by Crippen LogP contribution is 2.34. The Morgan fingerprint density at radius 1 is 1.17 bits per heavy atom. The molecule has 1 aliphatic rings. The molecule has 5 heteroatoms. The predicted molar refractivity (Wildman–Crippen MR) is 89.2 cm³/mol. The molecule has 0 unspecified atom stereocenters. The van der Waals surface area contributed by atoms with Gasteiger partial charge in [-0.15, -0.1) is 0 Å². The third-order valence-electron chi connectivity index (χ3n) is 4.16. The van der Waals surface area contributed by atoms with Crippen LogP contribution in [0.15, 0.2) is 42.5 Å². The highest BCUT2D eigenvalue weighted by atomic mass is 16.5. The molecule has 1 aliphatic carbocycles. The molecular weight excluding hydrogens is 292 g/mol. The monoisotopic (exact) mass is 312 g/mol. The summed E-state index contributed by atoms with van der Waals surface area (Å²) in [6, 6.07) is 13.2. The first-order chi connectivity index (χ1) is 11.2. The Kier molecular flexibility index (Phi) is 4.46. The quantitative estimate of drug-likeness (QED) is 0.832. The SMILES string of the molecule is COC(=O)C[C@@H](NC(=O)Nc1cccc2ccccc12)C1CC1. The van der Waals surface area contributed by atoms with Crippen LogP contribution in [0.3, 0.4) is 0 Å². The molecule has 0 aromatic heterocycles. The summed E-state index contributed by atoms with van der Waals surface area (Å²) in [5.41, 5.74) is 0.758. The van der Waals surface area contributed by atoms with Crippen molar-refractivity contribution in [1.29, 1.82) is 0 Å². The number of benzene rings is 2. The van der Waals surface area contributed by atoms with Crippen LogP contribution in [0.5, 0.6) is 0 Å². The number of ether oxygens (including phenoxy) is 1. The van der Waals surface area contributed by atoms with Crippen molar-refractivity contribution in [2.24, 2.45) is 5.92 Å². The van der Waals surface area contributed by atoms with Crippen molar-refractivity contribution < 1.29 is 14.3 Å². The Bertz CT molecular complexity index is 720. The van der Waals surface area contributed by atoms with E-state index >= 15 is 0 Å². The first-order valence-corrected chi connectivity index (χ1v) is 7.79. The fourth-order valence-electron chi connectivity index (χ4n) is 2.76. The lowest BCUT2D eigenvalue weighted by Crippen LogP contribution is -2.40. The van der Waals surface area contributed by atoms with Crippen molar-refractivity contribution in [3.05, 3.63) is 42.5 Å². The number of fused-ring (bicyclic) bond motifs is 1. The minimum Gasteiger partial charge on any atom is -0.469 e. The highest BCUT2D eigenvalue weighted by Gasteiger charge is 2.34. The van der Waals surface area contributed by atoms with Crippen LogP contribution < -0.4 is 10.6 Å². The Morgan fingerprint density at radius 2 is 1.91 bits per heavy atom. The number of hydrogen-bond donors (Lipinski definition) is 2. The number of rotatable bonds is 5. The van der Waals surface area contributed by atoms with Gasteiger partial charge in [0.05, 0.1) is 19.2 Å². The van der Waals surface area contributed by atoms with Crippen LogP contribution in [0.1, 0.15) is 19.3 Å². The minimum atomic E-state index is -0.299. The molecule has 0 radical (unpaired) electrons. The maximum absolute atomic E-state index is 12.3. The van der Waals surface area contributed by atoms with Gasteiger partial charge < -0.3 is 15.4 Å². The van der Waals surface area contributed by atoms with Crippen LogP contribution in [-0.2, 0) is 9.53 Å². The van der Waals surface area contributed by atoms with E-state index in [1.807, 2.05) is 42.5 Å². The number of nitrogens with one attached hydrogen (secondary N) is 2. The molecule has 2 N–H and O–H groups in total. The first-order valence-electron chi connectivity index (χ1n) is 7.79. The zero-order valence-corrected chi connectivity index (χ0v) is 13.0. The lowest BCUT2D eigenvalue weighted by atomic mass is 10.1. The molecule has 3 rings (SSSR count). The second kappa shape index (κ2) is 6.69. The van der Waals surface area contributed by atoms with Crippen molar-refractivity contribution in [1.82, 2.24) is 5.32 Å². The maximum Gasteiger partial charge on any atom is 0.319 e. The second-order valence-corrected chi connectivity index (χ2v) is 5.85. The van der Waals surface area contributed by atoms with E-state index < -0.39 is 0 Å². The molecule has 0 spiro atoms. The van der Waals surface area contributed by atoms with Crippen LogP contribution in [0.2, 0.25) is 0 Å². The standard InChI is InChI=1S/C18H20N2O3/c1-23-17(21)11-16(13-9-10-13)20-18(22)19-15-8-4-6-12-5-2-3-7-14(12)15/h2-8,13,16H,9-11H2,1H3,(H2,19,20,22)/t16-/m1/s1. The summed E-state index contributed by atoms with van der Waals surface area (Å²) in [5, 5.41) is 7.85. The largest absolute Gasteiger partial charge is 0.469 e. The normalized spacial score (nSPS) is 15.0. The molecule has 23 heavy (non-hydrogen) atoms. The van der Waals surface area contributed by atoms with Gasteiger partial charge in [-0.25, -0.2) is 4.79 Å². The Balaban J connectivity index is 1.69. The number of amides is 2. The predicted octanol–water partition coefficient (Wildman–Crippen LogP) is 3.30. The van der Waals surface area contributed by atoms with E-state index in [0.717, 1.165) is 29.3 Å². The zero-order chi connectivity index (χ0) is 16.2. The molecule has 2 amide bonds. The summed E-state index contributed by atoms with van der Waals surface area (Å²) < 4.78 is 4.71. The minimum absolute atomic E-state index is 0.169. The lowest BCUT2D eigenvalue weighted by molar-refractivity contribution is -0.141. The summed E-state index contributed by atoms with van der Waals surface area (Å²) in [6.07, 6.45) is 2.29. The van der Waals surface area contributed by atoms with Gasteiger partial charge in [-0.3, -0.25) is 4.79 Å². The van der Waals surface area contributed by atoms with Crippen LogP contribution in [0.25, 0.3) is 10.8 Å². The van der Waals surface area contributed by atoms with E-state index in [1.54, 1.807) is 0 Å². The number of carbonyl (C=O) groups is 2. The molecule has 1 fully saturated rings. The smallest absolute Gasteiger partial charge is 0.319 e. The topological polar surface area (TPSA) is 67.4 Å². The summed E-state index contributed by atoms with van der Waals surface area (Å²) >= 11 is 0. The van der Waals surface area contributed by atoms with Gasteiger partial charge in [0.2, 0.25) is 0 Å². The molecule has 0 bridgehead atoms. The highest BCUT2D eigenvalue weighted by molar-refractivity contribution is 6.01. The first kappa shape index (κ1) is 15.3. The third-order valence-corrected chi connectivity index (χ3v) is 4.16. The number of urea groups is 1. The van der Waals surface area contributed by atoms with Gasteiger partial charge in [0.15, 0.2) is 0 Å². The Hall–Kier alpha value is -2.56. The Morgan fingerprint density at radius 3 is 2.65 bits per heavy atom. The molecule has 1 saturated carbocycles. The van der Waals surface area contributed by atoms with Crippen LogP contribution >= 0.6 is 0 Å². The molecule has 5 nitrogen and oxygen atoms in total. The number of hydrogen-bond acceptors (Lipinski definition) is 3. The van der Waals surface area contributed by atoms with Crippen molar-refractivity contribution in [3.8, 4) is 0 Å². The van der Waals surface area contributed by atoms with E-state index in [2.05, 4.69) is 10.6 Å². The number of esters is 1. The molecule has 0 aliphatic heterocycles. The molecule has 0 saturated heterocycles.